The second-order valence-electron chi connectivity index (χ2n) is 3.68. The summed E-state index contributed by atoms with van der Waals surface area (Å²) in [6.45, 7) is 0. The smallest absolute Gasteiger partial charge is 0.146 e. The van der Waals surface area contributed by atoms with Crippen molar-refractivity contribution in [3.8, 4) is 11.5 Å². The van der Waals surface area contributed by atoms with Gasteiger partial charge in [-0.15, -0.1) is 0 Å². The van der Waals surface area contributed by atoms with Crippen molar-refractivity contribution in [1.82, 2.24) is 0 Å². The predicted molar refractivity (Wildman–Crippen MR) is 83.9 cm³/mol. The molecule has 0 aliphatic heterocycles. The molecular weight excluding hydrogens is 325 g/mol. The highest BCUT2D eigenvalue weighted by Gasteiger charge is 2.08. The molecule has 0 saturated heterocycles. The first-order valence-electron chi connectivity index (χ1n) is 5.19. The van der Waals surface area contributed by atoms with Crippen LogP contribution in [0, 0.1) is 0 Å². The van der Waals surface area contributed by atoms with Crippen LogP contribution < -0.4 is 10.5 Å². The fourth-order valence-corrected chi connectivity index (χ4v) is 2.40. The summed E-state index contributed by atoms with van der Waals surface area (Å²) in [5, 5.41) is 1.39. The van der Waals surface area contributed by atoms with E-state index in [4.69, 9.17) is 57.5 Å². The van der Waals surface area contributed by atoms with E-state index in [1.54, 1.807) is 36.4 Å². The van der Waals surface area contributed by atoms with E-state index in [2.05, 4.69) is 0 Å². The zero-order valence-electron chi connectivity index (χ0n) is 9.49. The standard InChI is InChI=1S/C13H8Cl3NOS/c14-7-1-4-12(11(16)5-7)18-8-2-3-9(13(17)19)10(15)6-8/h1-6H,(H2,17,19). The number of hydrogen-bond acceptors (Lipinski definition) is 2. The maximum atomic E-state index is 6.05. The zero-order valence-corrected chi connectivity index (χ0v) is 12.6. The van der Waals surface area contributed by atoms with E-state index in [0.717, 1.165) is 0 Å². The molecule has 0 spiro atoms. The van der Waals surface area contributed by atoms with Crippen LogP contribution in [0.4, 0.5) is 0 Å². The van der Waals surface area contributed by atoms with Gasteiger partial charge in [0.2, 0.25) is 0 Å². The SMILES string of the molecule is NC(=S)c1ccc(Oc2ccc(Cl)cc2Cl)cc1Cl. The number of nitrogens with two attached hydrogens (primary N) is 1. The second-order valence-corrected chi connectivity index (χ2v) is 5.37. The molecule has 0 amide bonds. The lowest BCUT2D eigenvalue weighted by Crippen LogP contribution is -2.09. The molecule has 0 heterocycles. The van der Waals surface area contributed by atoms with E-state index in [-0.39, 0.29) is 4.99 Å². The molecule has 2 aromatic rings. The van der Waals surface area contributed by atoms with Crippen LogP contribution in [0.3, 0.4) is 0 Å². The highest BCUT2D eigenvalue weighted by atomic mass is 35.5. The van der Waals surface area contributed by atoms with Crippen molar-refractivity contribution in [1.29, 1.82) is 0 Å². The lowest BCUT2D eigenvalue weighted by molar-refractivity contribution is 0.483. The Hall–Kier alpha value is -1.000. The minimum absolute atomic E-state index is 0.237. The number of rotatable bonds is 3. The van der Waals surface area contributed by atoms with Crippen LogP contribution in [0.5, 0.6) is 11.5 Å². The van der Waals surface area contributed by atoms with E-state index in [1.807, 2.05) is 0 Å². The Balaban J connectivity index is 2.29. The molecule has 0 fully saturated rings. The number of benzene rings is 2. The van der Waals surface area contributed by atoms with Crippen molar-refractivity contribution in [3.63, 3.8) is 0 Å². The molecule has 0 saturated carbocycles. The maximum Gasteiger partial charge on any atom is 0.146 e. The third-order valence-corrected chi connectivity index (χ3v) is 3.39. The van der Waals surface area contributed by atoms with Gasteiger partial charge in [-0.25, -0.2) is 0 Å². The average Bonchev–Trinajstić information content (AvgIpc) is 2.32. The predicted octanol–water partition coefficient (Wildman–Crippen LogP) is 5.07. The van der Waals surface area contributed by atoms with Gasteiger partial charge in [0.25, 0.3) is 0 Å². The summed E-state index contributed by atoms with van der Waals surface area (Å²) >= 11 is 22.8. The van der Waals surface area contributed by atoms with Crippen LogP contribution in [0.1, 0.15) is 5.56 Å². The van der Waals surface area contributed by atoms with Gasteiger partial charge in [-0.2, -0.15) is 0 Å². The fraction of sp³-hybridized carbons (Fsp3) is 0. The Morgan fingerprint density at radius 1 is 1.00 bits per heavy atom. The Labute approximate surface area is 131 Å². The first-order valence-corrected chi connectivity index (χ1v) is 6.74. The summed E-state index contributed by atoms with van der Waals surface area (Å²) in [6.07, 6.45) is 0. The van der Waals surface area contributed by atoms with Gasteiger partial charge < -0.3 is 10.5 Å². The lowest BCUT2D eigenvalue weighted by Gasteiger charge is -2.09. The molecule has 6 heteroatoms. The highest BCUT2D eigenvalue weighted by molar-refractivity contribution is 7.80. The largest absolute Gasteiger partial charge is 0.456 e. The second kappa shape index (κ2) is 5.97. The van der Waals surface area contributed by atoms with Crippen molar-refractivity contribution < 1.29 is 4.74 Å². The highest BCUT2D eigenvalue weighted by Crippen LogP contribution is 2.33. The Morgan fingerprint density at radius 2 is 1.74 bits per heavy atom. The zero-order chi connectivity index (χ0) is 14.0. The molecule has 0 aromatic heterocycles. The van der Waals surface area contributed by atoms with Crippen molar-refractivity contribution in [2.45, 2.75) is 0 Å². The Morgan fingerprint density at radius 3 is 2.32 bits per heavy atom. The summed E-state index contributed by atoms with van der Waals surface area (Å²) in [5.41, 5.74) is 6.13. The summed E-state index contributed by atoms with van der Waals surface area (Å²) in [6, 6.07) is 10.0. The third-order valence-electron chi connectivity index (χ3n) is 2.33. The van der Waals surface area contributed by atoms with Gasteiger partial charge >= 0.3 is 0 Å². The summed E-state index contributed by atoms with van der Waals surface area (Å²) in [4.78, 5) is 0.237. The van der Waals surface area contributed by atoms with Gasteiger partial charge in [0.1, 0.15) is 16.5 Å². The van der Waals surface area contributed by atoms with Crippen molar-refractivity contribution in [2.75, 3.05) is 0 Å². The van der Waals surface area contributed by atoms with E-state index in [9.17, 15) is 0 Å². The third kappa shape index (κ3) is 3.51. The van der Waals surface area contributed by atoms with E-state index in [0.29, 0.717) is 32.1 Å². The minimum Gasteiger partial charge on any atom is -0.456 e. The molecule has 2 N–H and O–H groups in total. The van der Waals surface area contributed by atoms with Gasteiger partial charge in [0, 0.05) is 16.7 Å². The molecule has 2 rings (SSSR count). The number of hydrogen-bond donors (Lipinski definition) is 1. The van der Waals surface area contributed by atoms with Gasteiger partial charge in [-0.1, -0.05) is 47.0 Å². The van der Waals surface area contributed by atoms with E-state index >= 15 is 0 Å². The normalized spacial score (nSPS) is 10.3. The topological polar surface area (TPSA) is 35.2 Å². The van der Waals surface area contributed by atoms with Crippen LogP contribution in [-0.2, 0) is 0 Å². The van der Waals surface area contributed by atoms with Crippen LogP contribution in [0.2, 0.25) is 15.1 Å². The first-order chi connectivity index (χ1) is 8.97. The Bertz CT molecular complexity index is 646. The van der Waals surface area contributed by atoms with Crippen LogP contribution in [-0.4, -0.2) is 4.99 Å². The van der Waals surface area contributed by atoms with Gasteiger partial charge in [-0.05, 0) is 30.3 Å². The molecule has 19 heavy (non-hydrogen) atoms. The number of halogens is 3. The van der Waals surface area contributed by atoms with E-state index in [1.165, 1.54) is 0 Å². The van der Waals surface area contributed by atoms with Gasteiger partial charge in [0.05, 0.1) is 10.0 Å². The summed E-state index contributed by atoms with van der Waals surface area (Å²) in [5.74, 6) is 1.03. The number of thiocarbonyl (C=S) groups is 1. The van der Waals surface area contributed by atoms with Crippen molar-refractivity contribution in [2.24, 2.45) is 5.73 Å². The van der Waals surface area contributed by atoms with Crippen LogP contribution >= 0.6 is 47.0 Å². The molecule has 0 radical (unpaired) electrons. The number of ether oxygens (including phenoxy) is 1. The summed E-state index contributed by atoms with van der Waals surface area (Å²) in [7, 11) is 0. The average molecular weight is 333 g/mol. The molecule has 0 aliphatic carbocycles. The maximum absolute atomic E-state index is 6.05. The van der Waals surface area contributed by atoms with E-state index < -0.39 is 0 Å². The molecule has 0 unspecified atom stereocenters. The van der Waals surface area contributed by atoms with Crippen LogP contribution in [0.25, 0.3) is 0 Å². The quantitative estimate of drug-likeness (QED) is 0.797. The molecule has 2 nitrogen and oxygen atoms in total. The molecule has 98 valence electrons. The monoisotopic (exact) mass is 331 g/mol. The molecular formula is C13H8Cl3NOS. The van der Waals surface area contributed by atoms with Crippen LogP contribution in [0.15, 0.2) is 36.4 Å². The first kappa shape index (κ1) is 14.4. The lowest BCUT2D eigenvalue weighted by atomic mass is 10.2. The molecule has 2 aromatic carbocycles. The molecule has 0 atom stereocenters. The minimum atomic E-state index is 0.237. The van der Waals surface area contributed by atoms with Crippen molar-refractivity contribution in [3.05, 3.63) is 57.0 Å². The van der Waals surface area contributed by atoms with Gasteiger partial charge in [-0.3, -0.25) is 0 Å². The fourth-order valence-electron chi connectivity index (χ4n) is 1.44. The van der Waals surface area contributed by atoms with Gasteiger partial charge in [0.15, 0.2) is 0 Å². The summed E-state index contributed by atoms with van der Waals surface area (Å²) < 4.78 is 5.62. The molecule has 0 aliphatic rings. The van der Waals surface area contributed by atoms with Crippen molar-refractivity contribution >= 4 is 52.0 Å². The molecule has 0 bridgehead atoms. The Kier molecular flexibility index (Phi) is 4.53.